The number of aromatic nitrogens is 1. The van der Waals surface area contributed by atoms with Crippen molar-refractivity contribution in [2.75, 3.05) is 6.61 Å². The van der Waals surface area contributed by atoms with Gasteiger partial charge in [-0.25, -0.2) is 0 Å². The van der Waals surface area contributed by atoms with Crippen molar-refractivity contribution in [1.82, 2.24) is 4.57 Å². The van der Waals surface area contributed by atoms with E-state index in [-0.39, 0.29) is 12.2 Å². The predicted molar refractivity (Wildman–Crippen MR) is 81.6 cm³/mol. The molecule has 0 spiro atoms. The van der Waals surface area contributed by atoms with Crippen molar-refractivity contribution in [1.29, 1.82) is 0 Å². The Balaban J connectivity index is 2.37. The minimum atomic E-state index is -0.0846. The van der Waals surface area contributed by atoms with E-state index in [2.05, 4.69) is 22.6 Å². The average Bonchev–Trinajstić information content (AvgIpc) is 2.42. The Morgan fingerprint density at radius 2 is 2.06 bits per heavy atom. The Morgan fingerprint density at radius 3 is 2.67 bits per heavy atom. The molecular weight excluding hydrogens is 341 g/mol. The van der Waals surface area contributed by atoms with E-state index >= 15 is 0 Å². The lowest BCUT2D eigenvalue weighted by atomic mass is 9.88. The summed E-state index contributed by atoms with van der Waals surface area (Å²) in [7, 11) is 0. The highest BCUT2D eigenvalue weighted by Gasteiger charge is 2.20. The van der Waals surface area contributed by atoms with Crippen molar-refractivity contribution in [2.24, 2.45) is 5.92 Å². The molecule has 3 nitrogen and oxygen atoms in total. The molecule has 0 atom stereocenters. The summed E-state index contributed by atoms with van der Waals surface area (Å²) in [5.74, 6) is 0.508. The maximum Gasteiger partial charge on any atom is 0.254 e. The quantitative estimate of drug-likeness (QED) is 0.843. The van der Waals surface area contributed by atoms with Gasteiger partial charge in [-0.3, -0.25) is 9.36 Å². The molecule has 1 aliphatic carbocycles. The summed E-state index contributed by atoms with van der Waals surface area (Å²) in [6.07, 6.45) is 7.88. The number of hydrogen-bond donors (Lipinski definition) is 1. The summed E-state index contributed by atoms with van der Waals surface area (Å²) in [5.41, 5.74) is 0.666. The van der Waals surface area contributed by atoms with E-state index in [1.807, 2.05) is 6.07 Å². The van der Waals surface area contributed by atoms with Crippen LogP contribution in [-0.4, -0.2) is 16.3 Å². The molecule has 18 heavy (non-hydrogen) atoms. The number of pyridine rings is 1. The van der Waals surface area contributed by atoms with Crippen molar-refractivity contribution < 1.29 is 5.11 Å². The van der Waals surface area contributed by atoms with E-state index in [0.29, 0.717) is 5.92 Å². The highest BCUT2D eigenvalue weighted by molar-refractivity contribution is 14.1. The van der Waals surface area contributed by atoms with Crippen molar-refractivity contribution in [3.8, 4) is 0 Å². The summed E-state index contributed by atoms with van der Waals surface area (Å²) in [6, 6.07) is 5.07. The van der Waals surface area contributed by atoms with Gasteiger partial charge >= 0.3 is 0 Å². The molecule has 0 bridgehead atoms. The molecule has 1 N–H and O–H groups in total. The van der Waals surface area contributed by atoms with Gasteiger partial charge in [0.05, 0.1) is 12.3 Å². The fourth-order valence-corrected chi connectivity index (χ4v) is 3.56. The third kappa shape index (κ3) is 3.03. The molecule has 1 saturated carbocycles. The van der Waals surface area contributed by atoms with Gasteiger partial charge in [-0.15, -0.1) is 0 Å². The highest BCUT2D eigenvalue weighted by Crippen LogP contribution is 2.35. The molecule has 1 aliphatic rings. The first kappa shape index (κ1) is 13.8. The van der Waals surface area contributed by atoms with Gasteiger partial charge in [0.1, 0.15) is 0 Å². The molecule has 4 heteroatoms. The van der Waals surface area contributed by atoms with Crippen LogP contribution in [0.2, 0.25) is 0 Å². The van der Waals surface area contributed by atoms with Crippen LogP contribution in [0.3, 0.4) is 0 Å². The molecule has 98 valence electrons. The van der Waals surface area contributed by atoms with Crippen molar-refractivity contribution in [3.05, 3.63) is 38.3 Å². The zero-order valence-corrected chi connectivity index (χ0v) is 12.5. The van der Waals surface area contributed by atoms with E-state index < -0.39 is 0 Å². The Kier molecular flexibility index (Phi) is 5.00. The standard InChI is InChI=1S/C14H18INO2/c15-14(11-6-2-1-3-7-11)12(10-17)16-9-5-4-8-13(16)18/h4-5,8-9,11,17H,1-3,6-7,10H2/b14-12-. The molecule has 0 saturated heterocycles. The average molecular weight is 359 g/mol. The summed E-state index contributed by atoms with van der Waals surface area (Å²) in [6.45, 7) is -0.0846. The SMILES string of the molecule is O=c1ccccn1/C(CO)=C(\I)C1CCCCC1. The van der Waals surface area contributed by atoms with Crippen LogP contribution in [0.4, 0.5) is 0 Å². The fourth-order valence-electron chi connectivity index (χ4n) is 2.51. The van der Waals surface area contributed by atoms with Crippen LogP contribution >= 0.6 is 22.6 Å². The molecule has 1 aromatic heterocycles. The third-order valence-electron chi connectivity index (χ3n) is 3.50. The van der Waals surface area contributed by atoms with Gasteiger partial charge in [-0.1, -0.05) is 25.3 Å². The maximum absolute atomic E-state index is 11.8. The van der Waals surface area contributed by atoms with Gasteiger partial charge in [-0.2, -0.15) is 0 Å². The lowest BCUT2D eigenvalue weighted by molar-refractivity contribution is 0.340. The Labute approximate surface area is 121 Å². The van der Waals surface area contributed by atoms with Crippen LogP contribution in [-0.2, 0) is 0 Å². The third-order valence-corrected chi connectivity index (χ3v) is 5.01. The first-order chi connectivity index (χ1) is 8.74. The molecule has 0 amide bonds. The number of aliphatic hydroxyl groups is 1. The molecule has 1 fully saturated rings. The number of rotatable bonds is 3. The fraction of sp³-hybridized carbons (Fsp3) is 0.500. The molecule has 1 heterocycles. The number of halogens is 1. The minimum Gasteiger partial charge on any atom is -0.390 e. The van der Waals surface area contributed by atoms with Crippen LogP contribution in [0.5, 0.6) is 0 Å². The van der Waals surface area contributed by atoms with Crippen LogP contribution in [0.15, 0.2) is 32.8 Å². The molecule has 1 aromatic rings. The number of hydrogen-bond acceptors (Lipinski definition) is 2. The molecule has 0 aromatic carbocycles. The van der Waals surface area contributed by atoms with Gasteiger partial charge in [0.25, 0.3) is 5.56 Å². The van der Waals surface area contributed by atoms with Gasteiger partial charge < -0.3 is 5.11 Å². The van der Waals surface area contributed by atoms with Gasteiger partial charge in [0.2, 0.25) is 0 Å². The van der Waals surface area contributed by atoms with Crippen molar-refractivity contribution >= 4 is 28.3 Å². The largest absolute Gasteiger partial charge is 0.390 e. The van der Waals surface area contributed by atoms with Crippen molar-refractivity contribution in [3.63, 3.8) is 0 Å². The van der Waals surface area contributed by atoms with E-state index in [0.717, 1.165) is 9.28 Å². The van der Waals surface area contributed by atoms with Crippen molar-refractivity contribution in [2.45, 2.75) is 32.1 Å². The van der Waals surface area contributed by atoms with E-state index in [1.54, 1.807) is 16.8 Å². The second kappa shape index (κ2) is 6.52. The lowest BCUT2D eigenvalue weighted by Crippen LogP contribution is -2.21. The predicted octanol–water partition coefficient (Wildman–Crippen LogP) is 3.02. The molecule has 0 radical (unpaired) electrons. The Bertz CT molecular complexity index is 487. The summed E-state index contributed by atoms with van der Waals surface area (Å²) in [4.78, 5) is 11.8. The van der Waals surface area contributed by atoms with Crippen LogP contribution in [0.25, 0.3) is 5.70 Å². The van der Waals surface area contributed by atoms with Gasteiger partial charge in [-0.05, 0) is 47.4 Å². The maximum atomic E-state index is 11.8. The topological polar surface area (TPSA) is 42.2 Å². The monoisotopic (exact) mass is 359 g/mol. The van der Waals surface area contributed by atoms with Crippen LogP contribution in [0.1, 0.15) is 32.1 Å². The summed E-state index contributed by atoms with van der Waals surface area (Å²) in [5, 5.41) is 9.58. The molecule has 2 rings (SSSR count). The normalized spacial score (nSPS) is 18.6. The highest BCUT2D eigenvalue weighted by atomic mass is 127. The first-order valence-corrected chi connectivity index (χ1v) is 7.49. The zero-order valence-electron chi connectivity index (χ0n) is 10.3. The lowest BCUT2D eigenvalue weighted by Gasteiger charge is -2.23. The van der Waals surface area contributed by atoms with Crippen LogP contribution < -0.4 is 5.56 Å². The van der Waals surface area contributed by atoms with E-state index in [4.69, 9.17) is 0 Å². The van der Waals surface area contributed by atoms with Crippen LogP contribution in [0, 0.1) is 5.92 Å². The second-order valence-electron chi connectivity index (χ2n) is 4.70. The minimum absolute atomic E-state index is 0.0773. The number of allylic oxidation sites excluding steroid dienone is 1. The number of aliphatic hydroxyl groups excluding tert-OH is 1. The Hall–Kier alpha value is -0.620. The van der Waals surface area contributed by atoms with Gasteiger partial charge in [0, 0.05) is 15.8 Å². The molecular formula is C14H18INO2. The molecule has 0 aliphatic heterocycles. The summed E-state index contributed by atoms with van der Waals surface area (Å²) >= 11 is 2.30. The summed E-state index contributed by atoms with van der Waals surface area (Å²) < 4.78 is 2.71. The Morgan fingerprint density at radius 1 is 1.33 bits per heavy atom. The smallest absolute Gasteiger partial charge is 0.254 e. The zero-order chi connectivity index (χ0) is 13.0. The second-order valence-corrected chi connectivity index (χ2v) is 5.86. The van der Waals surface area contributed by atoms with E-state index in [9.17, 15) is 9.90 Å². The number of nitrogens with zero attached hydrogens (tertiary/aromatic N) is 1. The van der Waals surface area contributed by atoms with Gasteiger partial charge in [0.15, 0.2) is 0 Å². The van der Waals surface area contributed by atoms with E-state index in [1.165, 1.54) is 38.2 Å². The first-order valence-electron chi connectivity index (χ1n) is 6.41. The molecule has 0 unspecified atom stereocenters.